The molecular formula is C22H14Cl2N2O2S. The second-order valence-corrected chi connectivity index (χ2v) is 8.08. The molecule has 0 bridgehead atoms. The number of rotatable bonds is 5. The van der Waals surface area contributed by atoms with Gasteiger partial charge in [0.2, 0.25) is 0 Å². The molecule has 7 heteroatoms. The summed E-state index contributed by atoms with van der Waals surface area (Å²) in [4.78, 5) is 28.7. The molecule has 4 rings (SSSR count). The number of thioether (sulfide) groups is 1. The van der Waals surface area contributed by atoms with Crippen LogP contribution in [0.1, 0.15) is 0 Å². The van der Waals surface area contributed by atoms with Gasteiger partial charge in [-0.2, -0.15) is 0 Å². The molecular weight excluding hydrogens is 427 g/mol. The molecule has 3 aromatic rings. The van der Waals surface area contributed by atoms with E-state index in [1.54, 1.807) is 48.5 Å². The van der Waals surface area contributed by atoms with Gasteiger partial charge < -0.3 is 5.32 Å². The van der Waals surface area contributed by atoms with Crippen LogP contribution < -0.4 is 10.2 Å². The highest BCUT2D eigenvalue weighted by atomic mass is 35.5. The third-order valence-electron chi connectivity index (χ3n) is 4.21. The summed E-state index contributed by atoms with van der Waals surface area (Å²) in [6.45, 7) is 0. The van der Waals surface area contributed by atoms with E-state index in [1.165, 1.54) is 11.8 Å². The summed E-state index contributed by atoms with van der Waals surface area (Å²) in [5, 5.41) is 3.99. The molecule has 0 spiro atoms. The minimum Gasteiger partial charge on any atom is -0.350 e. The highest BCUT2D eigenvalue weighted by Crippen LogP contribution is 2.39. The van der Waals surface area contributed by atoms with Crippen LogP contribution in [0.25, 0.3) is 0 Å². The van der Waals surface area contributed by atoms with Gasteiger partial charge in [-0.3, -0.25) is 9.59 Å². The second-order valence-electron chi connectivity index (χ2n) is 6.15. The average Bonchev–Trinajstić information content (AvgIpc) is 2.95. The lowest BCUT2D eigenvalue weighted by Crippen LogP contribution is -2.32. The summed E-state index contributed by atoms with van der Waals surface area (Å²) < 4.78 is 0. The Morgan fingerprint density at radius 2 is 1.41 bits per heavy atom. The predicted molar refractivity (Wildman–Crippen MR) is 118 cm³/mol. The molecule has 144 valence electrons. The van der Waals surface area contributed by atoms with Gasteiger partial charge in [-0.25, -0.2) is 4.90 Å². The van der Waals surface area contributed by atoms with Crippen molar-refractivity contribution in [2.45, 2.75) is 4.90 Å². The van der Waals surface area contributed by atoms with Crippen LogP contribution in [0.15, 0.2) is 94.4 Å². The van der Waals surface area contributed by atoms with Crippen molar-refractivity contribution < 1.29 is 9.59 Å². The number of carbonyl (C=O) groups excluding carboxylic acids is 2. The van der Waals surface area contributed by atoms with Crippen LogP contribution in [-0.4, -0.2) is 11.8 Å². The molecule has 0 fully saturated rings. The van der Waals surface area contributed by atoms with Gasteiger partial charge in [0.15, 0.2) is 0 Å². The number of nitrogens with one attached hydrogen (secondary N) is 1. The van der Waals surface area contributed by atoms with E-state index in [-0.39, 0.29) is 5.70 Å². The summed E-state index contributed by atoms with van der Waals surface area (Å²) in [7, 11) is 0. The van der Waals surface area contributed by atoms with E-state index in [1.807, 2.05) is 30.3 Å². The third kappa shape index (κ3) is 4.03. The Morgan fingerprint density at radius 3 is 2.10 bits per heavy atom. The molecule has 0 saturated carbocycles. The number of halogens is 2. The molecule has 0 unspecified atom stereocenters. The summed E-state index contributed by atoms with van der Waals surface area (Å²) in [6.07, 6.45) is 0. The number of imide groups is 1. The molecule has 0 atom stereocenters. The minimum absolute atomic E-state index is 0.200. The van der Waals surface area contributed by atoms with E-state index in [2.05, 4.69) is 5.32 Å². The van der Waals surface area contributed by atoms with Gasteiger partial charge >= 0.3 is 0 Å². The highest BCUT2D eigenvalue weighted by molar-refractivity contribution is 8.04. The monoisotopic (exact) mass is 440 g/mol. The van der Waals surface area contributed by atoms with Gasteiger partial charge in [0, 0.05) is 15.6 Å². The molecule has 29 heavy (non-hydrogen) atoms. The Hall–Kier alpha value is -2.73. The molecule has 4 nitrogen and oxygen atoms in total. The van der Waals surface area contributed by atoms with Crippen LogP contribution in [0.2, 0.25) is 10.0 Å². The Balaban J connectivity index is 1.76. The first kappa shape index (κ1) is 19.6. The number of nitrogens with zero attached hydrogens (tertiary/aromatic N) is 1. The van der Waals surface area contributed by atoms with Crippen LogP contribution in [0.4, 0.5) is 11.4 Å². The zero-order valence-corrected chi connectivity index (χ0v) is 17.3. The molecule has 0 radical (unpaired) electrons. The van der Waals surface area contributed by atoms with Crippen molar-refractivity contribution in [1.29, 1.82) is 0 Å². The van der Waals surface area contributed by atoms with Crippen molar-refractivity contribution in [1.82, 2.24) is 0 Å². The zero-order chi connectivity index (χ0) is 20.4. The Kier molecular flexibility index (Phi) is 5.62. The predicted octanol–water partition coefficient (Wildman–Crippen LogP) is 5.98. The van der Waals surface area contributed by atoms with Crippen molar-refractivity contribution >= 4 is 58.2 Å². The average molecular weight is 441 g/mol. The Labute approximate surface area is 182 Å². The first-order chi connectivity index (χ1) is 14.0. The Bertz CT molecular complexity index is 1120. The maximum Gasteiger partial charge on any atom is 0.283 e. The zero-order valence-electron chi connectivity index (χ0n) is 14.9. The fourth-order valence-corrected chi connectivity index (χ4v) is 4.14. The van der Waals surface area contributed by atoms with Gasteiger partial charge in [-0.05, 0) is 48.5 Å². The van der Waals surface area contributed by atoms with E-state index in [4.69, 9.17) is 23.2 Å². The van der Waals surface area contributed by atoms with Crippen LogP contribution in [-0.2, 0) is 9.59 Å². The van der Waals surface area contributed by atoms with Crippen molar-refractivity contribution in [3.63, 3.8) is 0 Å². The maximum atomic E-state index is 13.2. The van der Waals surface area contributed by atoms with Crippen molar-refractivity contribution in [3.05, 3.63) is 99.5 Å². The minimum atomic E-state index is -0.462. The molecule has 3 aromatic carbocycles. The molecule has 0 saturated heterocycles. The molecule has 1 aliphatic rings. The van der Waals surface area contributed by atoms with E-state index in [9.17, 15) is 9.59 Å². The molecule has 1 aliphatic heterocycles. The normalized spacial score (nSPS) is 13.9. The number of hydrogen-bond donors (Lipinski definition) is 1. The largest absolute Gasteiger partial charge is 0.350 e. The summed E-state index contributed by atoms with van der Waals surface area (Å²) in [5.74, 6) is -0.884. The molecule has 2 amide bonds. The van der Waals surface area contributed by atoms with E-state index in [0.717, 1.165) is 9.80 Å². The number of carbonyl (C=O) groups is 2. The summed E-state index contributed by atoms with van der Waals surface area (Å²) in [6, 6.07) is 23.1. The van der Waals surface area contributed by atoms with E-state index < -0.39 is 11.8 Å². The molecule has 0 aromatic heterocycles. The van der Waals surface area contributed by atoms with Gasteiger partial charge in [0.25, 0.3) is 11.8 Å². The van der Waals surface area contributed by atoms with Crippen molar-refractivity contribution in [2.24, 2.45) is 0 Å². The molecule has 1 heterocycles. The number of para-hydroxylation sites is 1. The standard InChI is InChI=1S/C22H14Cl2N2O2S/c23-14-10-12-15(13-11-14)25-19-20(29-16-6-2-1-3-7-16)22(28)26(21(19)27)18-9-5-4-8-17(18)24/h1-13,25H. The summed E-state index contributed by atoms with van der Waals surface area (Å²) >= 11 is 13.4. The quantitative estimate of drug-likeness (QED) is 0.495. The van der Waals surface area contributed by atoms with Crippen LogP contribution in [0.3, 0.4) is 0 Å². The first-order valence-corrected chi connectivity index (χ1v) is 10.2. The topological polar surface area (TPSA) is 49.4 Å². The lowest BCUT2D eigenvalue weighted by atomic mass is 10.3. The number of benzene rings is 3. The highest BCUT2D eigenvalue weighted by Gasteiger charge is 2.41. The second kappa shape index (κ2) is 8.33. The summed E-state index contributed by atoms with van der Waals surface area (Å²) in [5.41, 5.74) is 1.20. The van der Waals surface area contributed by atoms with Crippen LogP contribution >= 0.6 is 35.0 Å². The van der Waals surface area contributed by atoms with E-state index in [0.29, 0.717) is 26.3 Å². The number of hydrogen-bond acceptors (Lipinski definition) is 4. The maximum absolute atomic E-state index is 13.2. The molecule has 0 aliphatic carbocycles. The smallest absolute Gasteiger partial charge is 0.283 e. The van der Waals surface area contributed by atoms with Crippen LogP contribution in [0.5, 0.6) is 0 Å². The Morgan fingerprint density at radius 1 is 0.759 bits per heavy atom. The number of anilines is 2. The van der Waals surface area contributed by atoms with Crippen LogP contribution in [0, 0.1) is 0 Å². The van der Waals surface area contributed by atoms with Gasteiger partial charge in [-0.15, -0.1) is 0 Å². The van der Waals surface area contributed by atoms with Gasteiger partial charge in [0.05, 0.1) is 10.7 Å². The fourth-order valence-electron chi connectivity index (χ4n) is 2.85. The molecule has 1 N–H and O–H groups in total. The number of amides is 2. The first-order valence-electron chi connectivity index (χ1n) is 8.67. The van der Waals surface area contributed by atoms with Gasteiger partial charge in [0.1, 0.15) is 10.6 Å². The van der Waals surface area contributed by atoms with Crippen molar-refractivity contribution in [2.75, 3.05) is 10.2 Å². The van der Waals surface area contributed by atoms with E-state index >= 15 is 0 Å². The van der Waals surface area contributed by atoms with Gasteiger partial charge in [-0.1, -0.05) is 65.3 Å². The third-order valence-corrected chi connectivity index (χ3v) is 5.87. The SMILES string of the molecule is O=C1C(Nc2ccc(Cl)cc2)=C(Sc2ccccc2)C(=O)N1c1ccccc1Cl. The lowest BCUT2D eigenvalue weighted by molar-refractivity contribution is -0.120. The van der Waals surface area contributed by atoms with Crippen molar-refractivity contribution in [3.8, 4) is 0 Å². The lowest BCUT2D eigenvalue weighted by Gasteiger charge is -2.16. The fraction of sp³-hybridized carbons (Fsp3) is 0.